The quantitative estimate of drug-likeness (QED) is 0.124. The van der Waals surface area contributed by atoms with Gasteiger partial charge in [-0.1, -0.05) is 200 Å². The molecule has 1 aliphatic heterocycles. The molecule has 0 radical (unpaired) electrons. The molecular weight excluding hydrogens is 771 g/mol. The Labute approximate surface area is 359 Å². The molecule has 0 fully saturated rings. The van der Waals surface area contributed by atoms with Crippen LogP contribution >= 0.6 is 11.8 Å². The zero-order valence-corrected chi connectivity index (χ0v) is 35.0. The van der Waals surface area contributed by atoms with Gasteiger partial charge >= 0.3 is 0 Å². The number of rotatable bonds is 5. The molecule has 1 atom stereocenters. The molecule has 0 bridgehead atoms. The summed E-state index contributed by atoms with van der Waals surface area (Å²) in [4.78, 5) is 2.68. The maximum atomic E-state index is 2.50. The minimum Gasteiger partial charge on any atom is -0.309 e. The van der Waals surface area contributed by atoms with Crippen LogP contribution in [-0.2, 0) is 0 Å². The Hall–Kier alpha value is -7.17. The topological polar surface area (TPSA) is 4.93 Å². The van der Waals surface area contributed by atoms with Crippen LogP contribution in [0.15, 0.2) is 234 Å². The van der Waals surface area contributed by atoms with E-state index in [2.05, 4.69) is 229 Å². The Morgan fingerprint density at radius 1 is 0.344 bits per heavy atom. The number of para-hydroxylation sites is 2. The lowest BCUT2D eigenvalue weighted by Crippen LogP contribution is -2.76. The van der Waals surface area contributed by atoms with Gasteiger partial charge in [-0.25, -0.2) is 0 Å². The minimum absolute atomic E-state index is 1.17. The highest BCUT2D eigenvalue weighted by atomic mass is 32.2. The molecule has 0 amide bonds. The molecule has 1 unspecified atom stereocenters. The summed E-state index contributed by atoms with van der Waals surface area (Å²) in [6.07, 6.45) is 0. The van der Waals surface area contributed by atoms with Crippen molar-refractivity contribution in [2.45, 2.75) is 9.79 Å². The molecule has 61 heavy (non-hydrogen) atoms. The van der Waals surface area contributed by atoms with Gasteiger partial charge in [-0.05, 0) is 112 Å². The van der Waals surface area contributed by atoms with Gasteiger partial charge in [0.05, 0.1) is 11.0 Å². The first-order valence-electron chi connectivity index (χ1n) is 21.1. The molecule has 0 aliphatic carbocycles. The highest BCUT2D eigenvalue weighted by Gasteiger charge is 2.47. The van der Waals surface area contributed by atoms with Crippen molar-refractivity contribution in [3.05, 3.63) is 224 Å². The fourth-order valence-electron chi connectivity index (χ4n) is 10.6. The maximum absolute atomic E-state index is 2.92. The van der Waals surface area contributed by atoms with Crippen molar-refractivity contribution >= 4 is 94.7 Å². The third kappa shape index (κ3) is 5.08. The largest absolute Gasteiger partial charge is 0.309 e. The molecule has 2 heterocycles. The van der Waals surface area contributed by atoms with Gasteiger partial charge in [-0.15, -0.1) is 0 Å². The second kappa shape index (κ2) is 13.4. The summed E-state index contributed by atoms with van der Waals surface area (Å²) in [7, 11) is -2.92. The third-order valence-electron chi connectivity index (χ3n) is 13.3. The van der Waals surface area contributed by atoms with Gasteiger partial charge in [0.1, 0.15) is 0 Å². The average Bonchev–Trinajstić information content (AvgIpc) is 3.67. The summed E-state index contributed by atoms with van der Waals surface area (Å²) in [6.45, 7) is 0. The van der Waals surface area contributed by atoms with Crippen LogP contribution in [0.3, 0.4) is 0 Å². The first-order chi connectivity index (χ1) is 30.2. The van der Waals surface area contributed by atoms with Gasteiger partial charge in [0.15, 0.2) is 8.07 Å². The van der Waals surface area contributed by atoms with Crippen LogP contribution in [0.25, 0.3) is 82.1 Å². The van der Waals surface area contributed by atoms with Gasteiger partial charge in [0.2, 0.25) is 0 Å². The Morgan fingerprint density at radius 3 is 1.75 bits per heavy atom. The molecule has 13 rings (SSSR count). The number of benzene rings is 11. The number of nitrogens with zero attached hydrogens (tertiary/aromatic N) is 1. The highest BCUT2D eigenvalue weighted by Crippen LogP contribution is 2.42. The lowest BCUT2D eigenvalue weighted by molar-refractivity contribution is 1.18. The molecule has 12 aromatic rings. The monoisotopic (exact) mass is 807 g/mol. The van der Waals surface area contributed by atoms with Crippen molar-refractivity contribution in [1.82, 2.24) is 4.57 Å². The van der Waals surface area contributed by atoms with Crippen molar-refractivity contribution in [2.75, 3.05) is 0 Å². The zero-order chi connectivity index (χ0) is 40.1. The van der Waals surface area contributed by atoms with Crippen molar-refractivity contribution in [3.63, 3.8) is 0 Å². The lowest BCUT2D eigenvalue weighted by atomic mass is 9.90. The SMILES string of the molecule is c1ccc(-c2cccc([Si]3(c4ccc(-n5c6ccccc6c6ccccc65)cc4)c4ccccc4Sc4cc(-c5ccc6ccc7cccc8ccc5c6c78)ccc43)c2)cc1. The minimum atomic E-state index is -2.92. The molecule has 1 nitrogen and oxygen atoms in total. The van der Waals surface area contributed by atoms with Crippen LogP contribution in [-0.4, -0.2) is 12.6 Å². The molecular formula is C58H37NSSi. The fraction of sp³-hybridized carbons (Fsp3) is 0. The summed E-state index contributed by atoms with van der Waals surface area (Å²) < 4.78 is 2.43. The van der Waals surface area contributed by atoms with E-state index in [0.717, 1.165) is 0 Å². The molecule has 3 heteroatoms. The van der Waals surface area contributed by atoms with E-state index in [1.54, 1.807) is 0 Å². The Bertz CT molecular complexity index is 3610. The summed E-state index contributed by atoms with van der Waals surface area (Å²) in [5.41, 5.74) is 8.64. The Balaban J connectivity index is 1.06. The standard InChI is InChI=1S/C58H37NSSi/c1-2-12-38(13-3-1)42-16-11-17-46(36-42)61(45-31-29-44(30-32-45)59-51-20-6-4-18-48(51)49-19-5-7-21-52(49)59)55-23-9-8-22-53(55)60-54-37-43(28-35-56(54)61)47-33-26-41-25-24-39-14-10-15-40-27-34-50(47)58(41)57(39)40/h1-37H. The molecule has 1 aromatic heterocycles. The van der Waals surface area contributed by atoms with Crippen molar-refractivity contribution in [3.8, 4) is 27.9 Å². The maximum Gasteiger partial charge on any atom is 0.181 e. The predicted octanol–water partition coefficient (Wildman–Crippen LogP) is 12.9. The first-order valence-corrected chi connectivity index (χ1v) is 23.9. The van der Waals surface area contributed by atoms with E-state index in [9.17, 15) is 0 Å². The normalized spacial score (nSPS) is 14.9. The fourth-order valence-corrected chi connectivity index (χ4v) is 17.6. The summed E-state index contributed by atoms with van der Waals surface area (Å²) in [5, 5.41) is 16.1. The third-order valence-corrected chi connectivity index (χ3v) is 19.6. The lowest BCUT2D eigenvalue weighted by Gasteiger charge is -2.40. The molecule has 0 saturated heterocycles. The van der Waals surface area contributed by atoms with E-state index in [1.165, 1.54) is 113 Å². The second-order valence-corrected chi connectivity index (χ2v) is 21.2. The molecule has 284 valence electrons. The molecule has 1 aliphatic rings. The Kier molecular flexibility index (Phi) is 7.63. The van der Waals surface area contributed by atoms with Gasteiger partial charge < -0.3 is 4.57 Å². The first kappa shape index (κ1) is 34.7. The van der Waals surface area contributed by atoms with Gasteiger partial charge in [0.25, 0.3) is 0 Å². The molecule has 0 saturated carbocycles. The van der Waals surface area contributed by atoms with Crippen molar-refractivity contribution < 1.29 is 0 Å². The van der Waals surface area contributed by atoms with E-state index in [4.69, 9.17) is 0 Å². The molecule has 11 aromatic carbocycles. The number of aromatic nitrogens is 1. The number of hydrogen-bond acceptors (Lipinski definition) is 1. The Morgan fingerprint density at radius 2 is 0.967 bits per heavy atom. The average molecular weight is 808 g/mol. The van der Waals surface area contributed by atoms with Crippen LogP contribution in [0.5, 0.6) is 0 Å². The van der Waals surface area contributed by atoms with E-state index < -0.39 is 8.07 Å². The van der Waals surface area contributed by atoms with E-state index >= 15 is 0 Å². The highest BCUT2D eigenvalue weighted by molar-refractivity contribution is 8.00. The van der Waals surface area contributed by atoms with Gasteiger partial charge in [0, 0.05) is 26.3 Å². The summed E-state index contributed by atoms with van der Waals surface area (Å²) in [6, 6.07) is 84.7. The molecule has 0 spiro atoms. The van der Waals surface area contributed by atoms with Crippen LogP contribution in [0, 0.1) is 0 Å². The van der Waals surface area contributed by atoms with Crippen LogP contribution in [0.2, 0.25) is 0 Å². The predicted molar refractivity (Wildman–Crippen MR) is 263 cm³/mol. The van der Waals surface area contributed by atoms with Crippen LogP contribution in [0.1, 0.15) is 0 Å². The van der Waals surface area contributed by atoms with Crippen LogP contribution in [0.4, 0.5) is 0 Å². The van der Waals surface area contributed by atoms with Gasteiger partial charge in [-0.2, -0.15) is 0 Å². The molecule has 0 N–H and O–H groups in total. The second-order valence-electron chi connectivity index (χ2n) is 16.4. The zero-order valence-electron chi connectivity index (χ0n) is 33.2. The number of hydrogen-bond donors (Lipinski definition) is 0. The van der Waals surface area contributed by atoms with Crippen LogP contribution < -0.4 is 20.7 Å². The smallest absolute Gasteiger partial charge is 0.181 e. The van der Waals surface area contributed by atoms with E-state index in [-0.39, 0.29) is 0 Å². The van der Waals surface area contributed by atoms with Gasteiger partial charge in [-0.3, -0.25) is 0 Å². The van der Waals surface area contributed by atoms with Crippen molar-refractivity contribution in [1.29, 1.82) is 0 Å². The van der Waals surface area contributed by atoms with Crippen molar-refractivity contribution in [2.24, 2.45) is 0 Å². The van der Waals surface area contributed by atoms with E-state index in [1.807, 2.05) is 11.8 Å². The van der Waals surface area contributed by atoms with E-state index in [0.29, 0.717) is 0 Å². The summed E-state index contributed by atoms with van der Waals surface area (Å²) >= 11 is 1.93. The summed E-state index contributed by atoms with van der Waals surface area (Å²) in [5.74, 6) is 0. The number of fused-ring (bicyclic) bond motifs is 5.